The van der Waals surface area contributed by atoms with Gasteiger partial charge in [0.25, 0.3) is 0 Å². The molecule has 0 spiro atoms. The minimum atomic E-state index is 0.282. The van der Waals surface area contributed by atoms with E-state index in [1.54, 1.807) is 0 Å². The van der Waals surface area contributed by atoms with Gasteiger partial charge in [0, 0.05) is 24.8 Å². The Morgan fingerprint density at radius 2 is 2.24 bits per heavy atom. The molecular formula is C17H31N3O. The van der Waals surface area contributed by atoms with Gasteiger partial charge in [-0.3, -0.25) is 9.69 Å². The third kappa shape index (κ3) is 4.55. The van der Waals surface area contributed by atoms with Crippen LogP contribution in [-0.2, 0) is 4.79 Å². The van der Waals surface area contributed by atoms with Crippen LogP contribution in [0.5, 0.6) is 0 Å². The standard InChI is InChI=1S/C17H31N3O/c1-3-12-19(16-10-7-11-18-13-16)14-17(21)20(4-2)15-8-5-6-9-15/h8,16,18H,3-7,9-14H2,1-2H3. The zero-order valence-electron chi connectivity index (χ0n) is 13.7. The Labute approximate surface area is 129 Å². The Balaban J connectivity index is 1.95. The highest BCUT2D eigenvalue weighted by molar-refractivity contribution is 5.80. The summed E-state index contributed by atoms with van der Waals surface area (Å²) in [5.74, 6) is 0.282. The van der Waals surface area contributed by atoms with Crippen molar-refractivity contribution in [3.63, 3.8) is 0 Å². The van der Waals surface area contributed by atoms with Crippen molar-refractivity contribution in [2.24, 2.45) is 0 Å². The van der Waals surface area contributed by atoms with Gasteiger partial charge in [0.15, 0.2) is 0 Å². The molecule has 1 unspecified atom stereocenters. The SMILES string of the molecule is CCCN(CC(=O)N(CC)C1=CCCC1)C1CCCNC1. The summed E-state index contributed by atoms with van der Waals surface area (Å²) in [6, 6.07) is 0.527. The van der Waals surface area contributed by atoms with Crippen molar-refractivity contribution in [1.82, 2.24) is 15.1 Å². The van der Waals surface area contributed by atoms with Gasteiger partial charge < -0.3 is 10.2 Å². The largest absolute Gasteiger partial charge is 0.316 e. The van der Waals surface area contributed by atoms with Crippen LogP contribution >= 0.6 is 0 Å². The van der Waals surface area contributed by atoms with Crippen LogP contribution in [0.2, 0.25) is 0 Å². The Hall–Kier alpha value is -0.870. The summed E-state index contributed by atoms with van der Waals surface area (Å²) in [7, 11) is 0. The molecule has 1 N–H and O–H groups in total. The molecule has 0 bridgehead atoms. The van der Waals surface area contributed by atoms with Crippen molar-refractivity contribution < 1.29 is 4.79 Å². The van der Waals surface area contributed by atoms with Gasteiger partial charge in [-0.2, -0.15) is 0 Å². The molecule has 0 saturated carbocycles. The van der Waals surface area contributed by atoms with E-state index in [4.69, 9.17) is 0 Å². The molecule has 4 heteroatoms. The van der Waals surface area contributed by atoms with E-state index in [2.05, 4.69) is 30.1 Å². The van der Waals surface area contributed by atoms with E-state index in [9.17, 15) is 4.79 Å². The van der Waals surface area contributed by atoms with Gasteiger partial charge in [-0.05, 0) is 58.5 Å². The first-order chi connectivity index (χ1) is 10.3. The van der Waals surface area contributed by atoms with Gasteiger partial charge >= 0.3 is 0 Å². The molecule has 0 aromatic heterocycles. The maximum atomic E-state index is 12.7. The predicted molar refractivity (Wildman–Crippen MR) is 87.1 cm³/mol. The maximum Gasteiger partial charge on any atom is 0.240 e. The maximum absolute atomic E-state index is 12.7. The van der Waals surface area contributed by atoms with E-state index in [0.29, 0.717) is 12.6 Å². The van der Waals surface area contributed by atoms with Crippen LogP contribution in [0.4, 0.5) is 0 Å². The van der Waals surface area contributed by atoms with Gasteiger partial charge in [-0.1, -0.05) is 13.0 Å². The number of piperidine rings is 1. The van der Waals surface area contributed by atoms with Crippen LogP contribution in [0.15, 0.2) is 11.8 Å². The molecule has 0 aromatic carbocycles. The van der Waals surface area contributed by atoms with Crippen LogP contribution in [0.3, 0.4) is 0 Å². The molecule has 1 aliphatic carbocycles. The van der Waals surface area contributed by atoms with E-state index < -0.39 is 0 Å². The lowest BCUT2D eigenvalue weighted by atomic mass is 10.1. The number of likely N-dealkylation sites (N-methyl/N-ethyl adjacent to an activating group) is 1. The van der Waals surface area contributed by atoms with Crippen molar-refractivity contribution in [2.45, 2.75) is 58.4 Å². The summed E-state index contributed by atoms with van der Waals surface area (Å²) < 4.78 is 0. The Bertz CT molecular complexity index is 361. The molecule has 1 atom stereocenters. The highest BCUT2D eigenvalue weighted by Gasteiger charge is 2.25. The minimum Gasteiger partial charge on any atom is -0.316 e. The number of amides is 1. The van der Waals surface area contributed by atoms with Crippen molar-refractivity contribution in [3.8, 4) is 0 Å². The molecule has 120 valence electrons. The molecule has 2 aliphatic rings. The summed E-state index contributed by atoms with van der Waals surface area (Å²) >= 11 is 0. The number of rotatable bonds is 7. The van der Waals surface area contributed by atoms with Gasteiger partial charge in [0.1, 0.15) is 0 Å². The van der Waals surface area contributed by atoms with E-state index in [1.165, 1.54) is 25.0 Å². The quantitative estimate of drug-likeness (QED) is 0.783. The Morgan fingerprint density at radius 3 is 2.81 bits per heavy atom. The van der Waals surface area contributed by atoms with E-state index >= 15 is 0 Å². The normalized spacial score (nSPS) is 22.4. The first-order valence-electron chi connectivity index (χ1n) is 8.70. The summed E-state index contributed by atoms with van der Waals surface area (Å²) in [6.45, 7) is 8.84. The predicted octanol–water partition coefficient (Wildman–Crippen LogP) is 2.37. The molecule has 21 heavy (non-hydrogen) atoms. The molecule has 0 aromatic rings. The lowest BCUT2D eigenvalue weighted by Gasteiger charge is -2.35. The van der Waals surface area contributed by atoms with Crippen molar-refractivity contribution in [3.05, 3.63) is 11.8 Å². The Morgan fingerprint density at radius 1 is 1.38 bits per heavy atom. The number of carbonyl (C=O) groups excluding carboxylic acids is 1. The van der Waals surface area contributed by atoms with Crippen LogP contribution in [-0.4, -0.2) is 54.5 Å². The number of nitrogens with zero attached hydrogens (tertiary/aromatic N) is 2. The highest BCUT2D eigenvalue weighted by Crippen LogP contribution is 2.22. The lowest BCUT2D eigenvalue weighted by Crippen LogP contribution is -2.50. The average Bonchev–Trinajstić information content (AvgIpc) is 3.02. The van der Waals surface area contributed by atoms with Gasteiger partial charge in [0.05, 0.1) is 6.54 Å². The summed E-state index contributed by atoms with van der Waals surface area (Å²) in [5.41, 5.74) is 1.25. The topological polar surface area (TPSA) is 35.6 Å². The first kappa shape index (κ1) is 16.5. The van der Waals surface area contributed by atoms with E-state index in [1.807, 2.05) is 4.90 Å². The summed E-state index contributed by atoms with van der Waals surface area (Å²) in [5, 5.41) is 3.47. The summed E-state index contributed by atoms with van der Waals surface area (Å²) in [4.78, 5) is 17.1. The lowest BCUT2D eigenvalue weighted by molar-refractivity contribution is -0.131. The van der Waals surface area contributed by atoms with Crippen LogP contribution in [0.25, 0.3) is 0 Å². The van der Waals surface area contributed by atoms with Gasteiger partial charge in [0.2, 0.25) is 5.91 Å². The Kier molecular flexibility index (Phi) is 6.71. The third-order valence-electron chi connectivity index (χ3n) is 4.62. The third-order valence-corrected chi connectivity index (χ3v) is 4.62. The number of allylic oxidation sites excluding steroid dienone is 2. The zero-order chi connectivity index (χ0) is 15.1. The fourth-order valence-corrected chi connectivity index (χ4v) is 3.52. The molecule has 0 radical (unpaired) electrons. The number of nitrogens with one attached hydrogen (secondary N) is 1. The minimum absolute atomic E-state index is 0.282. The van der Waals surface area contributed by atoms with Crippen molar-refractivity contribution in [2.75, 3.05) is 32.7 Å². The smallest absolute Gasteiger partial charge is 0.240 e. The first-order valence-corrected chi connectivity index (χ1v) is 8.70. The van der Waals surface area contributed by atoms with E-state index in [-0.39, 0.29) is 5.91 Å². The highest BCUT2D eigenvalue weighted by atomic mass is 16.2. The van der Waals surface area contributed by atoms with E-state index in [0.717, 1.165) is 45.4 Å². The second-order valence-corrected chi connectivity index (χ2v) is 6.20. The molecule has 1 aliphatic heterocycles. The van der Waals surface area contributed by atoms with Crippen LogP contribution in [0.1, 0.15) is 52.4 Å². The van der Waals surface area contributed by atoms with Crippen molar-refractivity contribution in [1.29, 1.82) is 0 Å². The molecular weight excluding hydrogens is 262 g/mol. The van der Waals surface area contributed by atoms with Crippen LogP contribution in [0, 0.1) is 0 Å². The molecule has 1 heterocycles. The zero-order valence-corrected chi connectivity index (χ0v) is 13.7. The van der Waals surface area contributed by atoms with Crippen LogP contribution < -0.4 is 5.32 Å². The molecule has 2 rings (SSSR count). The fraction of sp³-hybridized carbons (Fsp3) is 0.824. The summed E-state index contributed by atoms with van der Waals surface area (Å²) in [6.07, 6.45) is 9.19. The number of hydrogen-bond acceptors (Lipinski definition) is 3. The monoisotopic (exact) mass is 293 g/mol. The molecule has 4 nitrogen and oxygen atoms in total. The van der Waals surface area contributed by atoms with Crippen molar-refractivity contribution >= 4 is 5.91 Å². The molecule has 1 amide bonds. The second kappa shape index (κ2) is 8.54. The number of carbonyl (C=O) groups is 1. The number of hydrogen-bond donors (Lipinski definition) is 1. The van der Waals surface area contributed by atoms with Gasteiger partial charge in [-0.25, -0.2) is 0 Å². The van der Waals surface area contributed by atoms with Gasteiger partial charge in [-0.15, -0.1) is 0 Å². The second-order valence-electron chi connectivity index (χ2n) is 6.20. The molecule has 1 saturated heterocycles. The molecule has 1 fully saturated rings. The fourth-order valence-electron chi connectivity index (χ4n) is 3.52. The average molecular weight is 293 g/mol.